The molecular weight excluding hydrogens is 498 g/mol. The summed E-state index contributed by atoms with van der Waals surface area (Å²) in [6.45, 7) is 7.44. The molecule has 1 saturated carbocycles. The van der Waals surface area contributed by atoms with Crippen LogP contribution in [0.4, 0.5) is 5.82 Å². The van der Waals surface area contributed by atoms with Gasteiger partial charge in [-0.2, -0.15) is 0 Å². The number of carbonyl (C=O) groups is 1. The van der Waals surface area contributed by atoms with E-state index in [0.29, 0.717) is 17.8 Å². The van der Waals surface area contributed by atoms with Crippen molar-refractivity contribution < 1.29 is 4.79 Å². The molecule has 2 unspecified atom stereocenters. The van der Waals surface area contributed by atoms with Gasteiger partial charge in [-0.15, -0.1) is 0 Å². The molecule has 1 amide bonds. The number of nitrogen functional groups attached to an aromatic ring is 1. The van der Waals surface area contributed by atoms with Gasteiger partial charge in [0.25, 0.3) is 0 Å². The molecule has 7 rings (SSSR count). The molecule has 2 N–H and O–H groups in total. The Morgan fingerprint density at radius 3 is 2.50 bits per heavy atom. The number of benzene rings is 1. The second kappa shape index (κ2) is 9.86. The van der Waals surface area contributed by atoms with Crippen LogP contribution >= 0.6 is 0 Å². The molecule has 2 fully saturated rings. The van der Waals surface area contributed by atoms with E-state index in [4.69, 9.17) is 15.7 Å². The second-order valence-electron chi connectivity index (χ2n) is 11.5. The highest BCUT2D eigenvalue weighted by Gasteiger charge is 2.39. The molecule has 2 atom stereocenters. The Hall–Kier alpha value is -4.04. The Kier molecular flexibility index (Phi) is 6.15. The Bertz CT molecular complexity index is 1700. The van der Waals surface area contributed by atoms with Crippen LogP contribution in [0.3, 0.4) is 0 Å². The molecule has 8 nitrogen and oxygen atoms in total. The molecule has 0 spiro atoms. The quantitative estimate of drug-likeness (QED) is 0.434. The van der Waals surface area contributed by atoms with Crippen molar-refractivity contribution in [1.29, 1.82) is 0 Å². The number of nitrogens with two attached hydrogens (primary N) is 1. The average Bonchev–Trinajstić information content (AvgIpc) is 3.32. The molecule has 1 saturated heterocycles. The van der Waals surface area contributed by atoms with Crippen LogP contribution < -0.4 is 16.3 Å². The van der Waals surface area contributed by atoms with Crippen molar-refractivity contribution in [2.75, 3.05) is 31.9 Å². The van der Waals surface area contributed by atoms with E-state index in [1.165, 1.54) is 0 Å². The average molecular weight is 534 g/mol. The highest BCUT2D eigenvalue weighted by atomic mass is 16.2. The molecule has 8 heteroatoms. The predicted octanol–water partition coefficient (Wildman–Crippen LogP) is 2.78. The van der Waals surface area contributed by atoms with Gasteiger partial charge in [0.2, 0.25) is 5.91 Å². The minimum atomic E-state index is 0.0526. The van der Waals surface area contributed by atoms with Crippen LogP contribution in [0.2, 0.25) is 0 Å². The van der Waals surface area contributed by atoms with Gasteiger partial charge in [0.1, 0.15) is 17.2 Å². The van der Waals surface area contributed by atoms with Gasteiger partial charge in [-0.05, 0) is 36.1 Å². The lowest BCUT2D eigenvalue weighted by atomic mass is 9.78. The molecule has 0 radical (unpaired) electrons. The molecule has 3 aromatic heterocycles. The number of carbonyl (C=O) groups excluding carboxylic acids is 1. The number of fused-ring (bicyclic) bond motifs is 2. The van der Waals surface area contributed by atoms with Crippen molar-refractivity contribution in [2.24, 2.45) is 5.92 Å². The monoisotopic (exact) mass is 533 g/mol. The van der Waals surface area contributed by atoms with Gasteiger partial charge in [0.05, 0.1) is 16.7 Å². The van der Waals surface area contributed by atoms with Gasteiger partial charge in [0.15, 0.2) is 0 Å². The van der Waals surface area contributed by atoms with Crippen molar-refractivity contribution in [3.05, 3.63) is 76.9 Å². The van der Waals surface area contributed by atoms with Gasteiger partial charge >= 0.3 is 0 Å². The minimum absolute atomic E-state index is 0.0526. The van der Waals surface area contributed by atoms with Crippen molar-refractivity contribution in [3.63, 3.8) is 0 Å². The molecule has 3 aliphatic rings. The van der Waals surface area contributed by atoms with Crippen molar-refractivity contribution in [3.8, 4) is 11.3 Å². The summed E-state index contributed by atoms with van der Waals surface area (Å²) < 4.78 is 2.18. The first kappa shape index (κ1) is 25.0. The van der Waals surface area contributed by atoms with Crippen LogP contribution in [0.15, 0.2) is 54.9 Å². The van der Waals surface area contributed by atoms with Gasteiger partial charge in [-0.1, -0.05) is 49.4 Å². The summed E-state index contributed by atoms with van der Waals surface area (Å²) in [5.74, 6) is 2.44. The van der Waals surface area contributed by atoms with E-state index in [0.717, 1.165) is 77.9 Å². The number of rotatable bonds is 4. The third kappa shape index (κ3) is 4.27. The topological polar surface area (TPSA) is 92.7 Å². The molecular formula is C32H35N7O. The summed E-state index contributed by atoms with van der Waals surface area (Å²) in [7, 11) is 0. The zero-order chi connectivity index (χ0) is 27.4. The van der Waals surface area contributed by atoms with Crippen LogP contribution in [0.5, 0.6) is 0 Å². The summed E-state index contributed by atoms with van der Waals surface area (Å²) in [6, 6.07) is 15.1. The zero-order valence-corrected chi connectivity index (χ0v) is 23.1. The lowest BCUT2D eigenvalue weighted by molar-refractivity contribution is -0.131. The van der Waals surface area contributed by atoms with Gasteiger partial charge in [-0.3, -0.25) is 14.1 Å². The van der Waals surface area contributed by atoms with E-state index in [1.54, 1.807) is 13.1 Å². The smallest absolute Gasteiger partial charge is 0.219 e. The maximum Gasteiger partial charge on any atom is 0.219 e. The Balaban J connectivity index is 1.20. The fourth-order valence-corrected chi connectivity index (χ4v) is 6.70. The third-order valence-corrected chi connectivity index (χ3v) is 9.08. The largest absolute Gasteiger partial charge is 0.382 e. The first-order valence-electron chi connectivity index (χ1n) is 14.3. The van der Waals surface area contributed by atoms with Crippen molar-refractivity contribution in [1.82, 2.24) is 29.2 Å². The van der Waals surface area contributed by atoms with E-state index < -0.39 is 0 Å². The van der Waals surface area contributed by atoms with Gasteiger partial charge in [-0.25, -0.2) is 15.0 Å². The number of pyridine rings is 1. The van der Waals surface area contributed by atoms with Gasteiger partial charge in [0, 0.05) is 68.9 Å². The molecule has 40 heavy (non-hydrogen) atoms. The van der Waals surface area contributed by atoms with Crippen LogP contribution in [0.1, 0.15) is 50.0 Å². The number of piperazine rings is 1. The number of anilines is 1. The normalized spacial score (nSPS) is 24.6. The molecule has 1 aromatic carbocycles. The predicted molar refractivity (Wildman–Crippen MR) is 157 cm³/mol. The Morgan fingerprint density at radius 2 is 1.75 bits per heavy atom. The van der Waals surface area contributed by atoms with Gasteiger partial charge < -0.3 is 10.6 Å². The third-order valence-electron chi connectivity index (χ3n) is 9.08. The summed E-state index contributed by atoms with van der Waals surface area (Å²) in [5, 5.41) is 2.15. The summed E-state index contributed by atoms with van der Waals surface area (Å²) in [5.41, 5.74) is 10.5. The highest BCUT2D eigenvalue weighted by Crippen LogP contribution is 2.42. The van der Waals surface area contributed by atoms with Crippen LogP contribution in [0.25, 0.3) is 28.9 Å². The SMILES string of the molecule is CC(=O)N1CCN(C2CC(c3nc(C4C=c5nc(-c6ccccc6)ccc5=CC4C)c4c(N)nccn34)C2)CC1. The summed E-state index contributed by atoms with van der Waals surface area (Å²) in [6.07, 6.45) is 10.5. The van der Waals surface area contributed by atoms with Crippen LogP contribution in [-0.2, 0) is 4.79 Å². The lowest BCUT2D eigenvalue weighted by Gasteiger charge is -2.46. The van der Waals surface area contributed by atoms with Crippen molar-refractivity contribution in [2.45, 2.75) is 44.6 Å². The number of aromatic nitrogens is 4. The first-order chi connectivity index (χ1) is 19.5. The van der Waals surface area contributed by atoms with E-state index in [-0.39, 0.29) is 17.7 Å². The van der Waals surface area contributed by atoms with E-state index in [2.05, 4.69) is 57.6 Å². The number of nitrogens with zero attached hydrogens (tertiary/aromatic N) is 6. The molecule has 204 valence electrons. The van der Waals surface area contributed by atoms with Crippen LogP contribution in [-0.4, -0.2) is 67.3 Å². The molecule has 4 aromatic rings. The number of hydrogen-bond donors (Lipinski definition) is 1. The standard InChI is InChI=1S/C32H35N7O/c1-20-16-23-8-9-27(22-6-4-3-5-7-22)35-28(23)19-26(20)29-30-31(33)34-10-11-39(30)32(36-29)24-17-25(18-24)38-14-12-37(13-15-38)21(2)40/h3-11,16,19-20,24-26H,12-15,17-18H2,1-2H3,(H2,33,34). The summed E-state index contributed by atoms with van der Waals surface area (Å²) >= 11 is 0. The fourth-order valence-electron chi connectivity index (χ4n) is 6.70. The zero-order valence-electron chi connectivity index (χ0n) is 23.1. The van der Waals surface area contributed by atoms with E-state index in [9.17, 15) is 4.79 Å². The van der Waals surface area contributed by atoms with E-state index >= 15 is 0 Å². The fraction of sp³-hybridized carbons (Fsp3) is 0.375. The lowest BCUT2D eigenvalue weighted by Crippen LogP contribution is -2.54. The maximum atomic E-state index is 11.7. The Labute approximate surface area is 233 Å². The van der Waals surface area contributed by atoms with Crippen molar-refractivity contribution >= 4 is 29.4 Å². The Morgan fingerprint density at radius 1 is 0.975 bits per heavy atom. The van der Waals surface area contributed by atoms with E-state index in [1.807, 2.05) is 29.3 Å². The first-order valence-corrected chi connectivity index (χ1v) is 14.3. The van der Waals surface area contributed by atoms with Crippen LogP contribution in [0, 0.1) is 5.92 Å². The molecule has 4 heterocycles. The minimum Gasteiger partial charge on any atom is -0.382 e. The summed E-state index contributed by atoms with van der Waals surface area (Å²) in [4.78, 5) is 31.0. The number of amides is 1. The molecule has 0 bridgehead atoms. The molecule has 2 aliphatic carbocycles. The number of hydrogen-bond acceptors (Lipinski definition) is 6. The number of imidazole rings is 1. The highest BCUT2D eigenvalue weighted by molar-refractivity contribution is 5.74. The second-order valence-corrected chi connectivity index (χ2v) is 11.5. The maximum absolute atomic E-state index is 11.7. The molecule has 1 aliphatic heterocycles.